The van der Waals surface area contributed by atoms with Crippen LogP contribution in [0.25, 0.3) is 10.9 Å². The number of rotatable bonds is 7. The number of hydrogen-bond acceptors (Lipinski definition) is 5. The van der Waals surface area contributed by atoms with E-state index in [9.17, 15) is 4.79 Å². The number of hydrogen-bond donors (Lipinski definition) is 1. The Bertz CT molecular complexity index is 970. The van der Waals surface area contributed by atoms with Crippen molar-refractivity contribution in [2.24, 2.45) is 10.7 Å². The van der Waals surface area contributed by atoms with Gasteiger partial charge in [-0.1, -0.05) is 6.07 Å². The van der Waals surface area contributed by atoms with E-state index < -0.39 is 0 Å². The van der Waals surface area contributed by atoms with Crippen LogP contribution in [0, 0.1) is 0 Å². The van der Waals surface area contributed by atoms with Gasteiger partial charge in [-0.15, -0.1) is 0 Å². The maximum Gasteiger partial charge on any atom is 0.248 e. The summed E-state index contributed by atoms with van der Waals surface area (Å²) in [5, 5.41) is 1.15. The molecule has 2 aliphatic heterocycles. The van der Waals surface area contributed by atoms with E-state index in [1.54, 1.807) is 20.3 Å². The number of nitrogens with zero attached hydrogens (tertiary/aromatic N) is 3. The van der Waals surface area contributed by atoms with Gasteiger partial charge in [-0.2, -0.15) is 0 Å². The second-order valence-corrected chi connectivity index (χ2v) is 8.01. The summed E-state index contributed by atoms with van der Waals surface area (Å²) in [6.45, 7) is 3.09. The Labute approximate surface area is 177 Å². The molecule has 0 spiro atoms. The van der Waals surface area contributed by atoms with Gasteiger partial charge in [-0.25, -0.2) is 0 Å². The molecule has 3 heterocycles. The van der Waals surface area contributed by atoms with Crippen molar-refractivity contribution in [3.05, 3.63) is 47.4 Å². The topological polar surface area (TPSA) is 82.1 Å². The van der Waals surface area contributed by atoms with Gasteiger partial charge in [-0.3, -0.25) is 9.79 Å². The maximum atomic E-state index is 11.6. The summed E-state index contributed by atoms with van der Waals surface area (Å²) in [4.78, 5) is 18.5. The number of aromatic nitrogens is 1. The molecule has 0 aliphatic carbocycles. The second-order valence-electron chi connectivity index (χ2n) is 8.01. The Morgan fingerprint density at radius 1 is 1.23 bits per heavy atom. The van der Waals surface area contributed by atoms with E-state index in [2.05, 4.69) is 26.7 Å². The molecule has 0 radical (unpaired) electrons. The number of piperidine rings is 1. The van der Waals surface area contributed by atoms with Crippen LogP contribution in [0.1, 0.15) is 42.1 Å². The third-order valence-corrected chi connectivity index (χ3v) is 6.29. The molecule has 2 aliphatic rings. The highest BCUT2D eigenvalue weighted by Gasteiger charge is 2.23. The van der Waals surface area contributed by atoms with Crippen LogP contribution in [0.3, 0.4) is 0 Å². The smallest absolute Gasteiger partial charge is 0.248 e. The normalized spacial score (nSPS) is 20.8. The Balaban J connectivity index is 1.36. The van der Waals surface area contributed by atoms with Gasteiger partial charge in [0, 0.05) is 61.9 Å². The fourth-order valence-corrected chi connectivity index (χ4v) is 4.47. The molecular formula is C23H30N4O3. The van der Waals surface area contributed by atoms with Crippen molar-refractivity contribution in [1.29, 1.82) is 0 Å². The number of dihydropyridines is 1. The zero-order valence-electron chi connectivity index (χ0n) is 17.7. The van der Waals surface area contributed by atoms with Gasteiger partial charge in [0.15, 0.2) is 6.23 Å². The standard InChI is InChI=1S/C23H30N4O3/c1-29-21-14-22(30-2)25-15-18(21)5-9-26-10-7-19(8-11-26)27-12-6-16-3-4-17(23(24)28)13-20(16)27/h3-4,6,12-13,15,19,22H,5,7-11,14H2,1-2H3,(H2,24,28). The zero-order valence-corrected chi connectivity index (χ0v) is 17.7. The van der Waals surface area contributed by atoms with Gasteiger partial charge in [0.05, 0.1) is 13.5 Å². The summed E-state index contributed by atoms with van der Waals surface area (Å²) in [6, 6.07) is 8.24. The lowest BCUT2D eigenvalue weighted by Gasteiger charge is -2.33. The highest BCUT2D eigenvalue weighted by atomic mass is 16.5. The van der Waals surface area contributed by atoms with Gasteiger partial charge in [0.1, 0.15) is 5.76 Å². The molecule has 1 atom stereocenters. The Morgan fingerprint density at radius 2 is 2.03 bits per heavy atom. The predicted molar refractivity (Wildman–Crippen MR) is 118 cm³/mol. The lowest BCUT2D eigenvalue weighted by Crippen LogP contribution is -2.35. The summed E-state index contributed by atoms with van der Waals surface area (Å²) in [7, 11) is 3.39. The van der Waals surface area contributed by atoms with Crippen molar-refractivity contribution in [2.45, 2.75) is 38.0 Å². The second kappa shape index (κ2) is 9.02. The molecule has 7 nitrogen and oxygen atoms in total. The summed E-state index contributed by atoms with van der Waals surface area (Å²) < 4.78 is 13.2. The number of primary amides is 1. The molecule has 30 heavy (non-hydrogen) atoms. The van der Waals surface area contributed by atoms with E-state index in [1.807, 2.05) is 18.3 Å². The molecule has 0 bridgehead atoms. The highest BCUT2D eigenvalue weighted by Crippen LogP contribution is 2.29. The quantitative estimate of drug-likeness (QED) is 0.760. The fourth-order valence-electron chi connectivity index (χ4n) is 4.47. The fraction of sp³-hybridized carbons (Fsp3) is 0.478. The summed E-state index contributed by atoms with van der Waals surface area (Å²) in [5.74, 6) is 0.600. The Hall–Kier alpha value is -2.64. The van der Waals surface area contributed by atoms with E-state index >= 15 is 0 Å². The average molecular weight is 411 g/mol. The molecule has 7 heteroatoms. The van der Waals surface area contributed by atoms with Gasteiger partial charge in [-0.05, 0) is 42.8 Å². The molecule has 1 aromatic carbocycles. The number of carbonyl (C=O) groups is 1. The number of ether oxygens (including phenoxy) is 2. The summed E-state index contributed by atoms with van der Waals surface area (Å²) >= 11 is 0. The minimum absolute atomic E-state index is 0.133. The monoisotopic (exact) mass is 410 g/mol. The molecule has 2 aromatic rings. The van der Waals surface area contributed by atoms with Crippen molar-refractivity contribution >= 4 is 23.0 Å². The van der Waals surface area contributed by atoms with Crippen molar-refractivity contribution in [2.75, 3.05) is 33.9 Å². The Morgan fingerprint density at radius 3 is 2.73 bits per heavy atom. The van der Waals surface area contributed by atoms with Gasteiger partial charge in [0.25, 0.3) is 0 Å². The Kier molecular flexibility index (Phi) is 6.20. The van der Waals surface area contributed by atoms with Crippen LogP contribution in [0.15, 0.2) is 46.8 Å². The number of carbonyl (C=O) groups excluding carboxylic acids is 1. The van der Waals surface area contributed by atoms with E-state index in [1.165, 1.54) is 5.57 Å². The van der Waals surface area contributed by atoms with Gasteiger partial charge >= 0.3 is 0 Å². The zero-order chi connectivity index (χ0) is 21.1. The van der Waals surface area contributed by atoms with E-state index in [-0.39, 0.29) is 12.1 Å². The first kappa shape index (κ1) is 20.6. The number of nitrogens with two attached hydrogens (primary N) is 1. The van der Waals surface area contributed by atoms with Crippen LogP contribution in [-0.2, 0) is 9.47 Å². The minimum atomic E-state index is -0.382. The molecule has 1 aromatic heterocycles. The number of benzene rings is 1. The number of fused-ring (bicyclic) bond motifs is 1. The van der Waals surface area contributed by atoms with Gasteiger partial charge < -0.3 is 24.7 Å². The molecule has 0 saturated carbocycles. The van der Waals surface area contributed by atoms with Crippen LogP contribution in [0.5, 0.6) is 0 Å². The SMILES string of the molecule is COC1=C(CCN2CCC(n3ccc4ccc(C(N)=O)cc43)CC2)C=NC(OC)C1. The number of methoxy groups -OCH3 is 2. The summed E-state index contributed by atoms with van der Waals surface area (Å²) in [6.07, 6.45) is 7.71. The first-order valence-corrected chi connectivity index (χ1v) is 10.5. The van der Waals surface area contributed by atoms with E-state index in [4.69, 9.17) is 15.2 Å². The average Bonchev–Trinajstić information content (AvgIpc) is 3.21. The van der Waals surface area contributed by atoms with Crippen LogP contribution in [0.2, 0.25) is 0 Å². The number of amides is 1. The van der Waals surface area contributed by atoms with Crippen LogP contribution < -0.4 is 5.73 Å². The molecule has 1 amide bonds. The van der Waals surface area contributed by atoms with Crippen LogP contribution >= 0.6 is 0 Å². The van der Waals surface area contributed by atoms with E-state index in [0.717, 1.165) is 55.6 Å². The number of aliphatic imine (C=N–C) groups is 1. The highest BCUT2D eigenvalue weighted by molar-refractivity contribution is 5.97. The molecule has 160 valence electrons. The van der Waals surface area contributed by atoms with Crippen molar-refractivity contribution in [1.82, 2.24) is 9.47 Å². The third-order valence-electron chi connectivity index (χ3n) is 6.29. The third kappa shape index (κ3) is 4.27. The molecule has 2 N–H and O–H groups in total. The molecule has 1 saturated heterocycles. The first-order chi connectivity index (χ1) is 14.6. The summed E-state index contributed by atoms with van der Waals surface area (Å²) in [5.41, 5.74) is 8.29. The number of likely N-dealkylation sites (tertiary alicyclic amines) is 1. The van der Waals surface area contributed by atoms with E-state index in [0.29, 0.717) is 18.0 Å². The largest absolute Gasteiger partial charge is 0.501 e. The van der Waals surface area contributed by atoms with Crippen molar-refractivity contribution < 1.29 is 14.3 Å². The van der Waals surface area contributed by atoms with Gasteiger partial charge in [0.2, 0.25) is 5.91 Å². The van der Waals surface area contributed by atoms with Crippen LogP contribution in [-0.4, -0.2) is 61.7 Å². The van der Waals surface area contributed by atoms with Crippen molar-refractivity contribution in [3.8, 4) is 0 Å². The lowest BCUT2D eigenvalue weighted by molar-refractivity contribution is 0.0925. The molecular weight excluding hydrogens is 380 g/mol. The first-order valence-electron chi connectivity index (χ1n) is 10.5. The van der Waals surface area contributed by atoms with Crippen molar-refractivity contribution in [3.63, 3.8) is 0 Å². The molecule has 1 fully saturated rings. The predicted octanol–water partition coefficient (Wildman–Crippen LogP) is 3.11. The minimum Gasteiger partial charge on any atom is -0.501 e. The molecule has 1 unspecified atom stereocenters. The molecule has 4 rings (SSSR count). The lowest BCUT2D eigenvalue weighted by atomic mass is 10.0. The van der Waals surface area contributed by atoms with Crippen LogP contribution in [0.4, 0.5) is 0 Å². The maximum absolute atomic E-state index is 11.6.